The van der Waals surface area contributed by atoms with Crippen molar-refractivity contribution >= 4 is 43.5 Å². The zero-order valence-electron chi connectivity index (χ0n) is 30.8. The molecular weight excluding hydrogens is 695 g/mol. The third kappa shape index (κ3) is 5.72. The Hall–Kier alpha value is -7.76. The predicted molar refractivity (Wildman–Crippen MR) is 234 cm³/mol. The first-order valence-corrected chi connectivity index (χ1v) is 19.1. The Morgan fingerprint density at radius 1 is 0.281 bits per heavy atom. The topological polar surface area (TPSA) is 56.5 Å². The van der Waals surface area contributed by atoms with E-state index in [2.05, 4.69) is 144 Å². The first-order chi connectivity index (χ1) is 28.2. The van der Waals surface area contributed by atoms with E-state index < -0.39 is 0 Å². The summed E-state index contributed by atoms with van der Waals surface area (Å²) in [6, 6.07) is 69.9. The fraction of sp³-hybridized carbons (Fsp3) is 0. The third-order valence-electron chi connectivity index (χ3n) is 10.8. The number of benzene rings is 8. The summed E-state index contributed by atoms with van der Waals surface area (Å²) in [4.78, 5) is 20.3. The summed E-state index contributed by atoms with van der Waals surface area (Å²) in [5.41, 5.74) is 11.4. The molecule has 0 radical (unpaired) electrons. The quantitative estimate of drug-likeness (QED) is 0.160. The van der Waals surface area contributed by atoms with Crippen molar-refractivity contribution in [1.82, 2.24) is 24.5 Å². The van der Waals surface area contributed by atoms with Gasteiger partial charge in [-0.2, -0.15) is 0 Å². The normalized spacial score (nSPS) is 11.5. The minimum absolute atomic E-state index is 0.630. The van der Waals surface area contributed by atoms with Gasteiger partial charge < -0.3 is 4.57 Å². The lowest BCUT2D eigenvalue weighted by molar-refractivity contribution is 1.07. The molecule has 8 aromatic carbocycles. The molecule has 0 unspecified atom stereocenters. The van der Waals surface area contributed by atoms with E-state index in [4.69, 9.17) is 19.9 Å². The number of nitrogens with zero attached hydrogens (tertiary/aromatic N) is 5. The van der Waals surface area contributed by atoms with Gasteiger partial charge in [0.25, 0.3) is 0 Å². The molecule has 0 aliphatic heterocycles. The molecule has 0 fully saturated rings. The number of rotatable bonds is 6. The first-order valence-electron chi connectivity index (χ1n) is 19.1. The Kier molecular flexibility index (Phi) is 7.74. The molecule has 11 aromatic rings. The highest BCUT2D eigenvalue weighted by Crippen LogP contribution is 2.40. The fourth-order valence-electron chi connectivity index (χ4n) is 8.09. The maximum absolute atomic E-state index is 5.34. The van der Waals surface area contributed by atoms with Gasteiger partial charge in [0.2, 0.25) is 0 Å². The van der Waals surface area contributed by atoms with E-state index in [9.17, 15) is 0 Å². The van der Waals surface area contributed by atoms with Crippen LogP contribution in [0.25, 0.3) is 106 Å². The Morgan fingerprint density at radius 2 is 0.789 bits per heavy atom. The maximum atomic E-state index is 5.34. The van der Waals surface area contributed by atoms with Crippen LogP contribution in [0.3, 0.4) is 0 Å². The number of fused-ring (bicyclic) bond motifs is 6. The molecule has 0 amide bonds. The van der Waals surface area contributed by atoms with Crippen molar-refractivity contribution in [3.63, 3.8) is 0 Å². The van der Waals surface area contributed by atoms with Crippen molar-refractivity contribution in [3.8, 4) is 62.2 Å². The molecule has 0 saturated heterocycles. The second-order valence-electron chi connectivity index (χ2n) is 14.3. The summed E-state index contributed by atoms with van der Waals surface area (Å²) in [5.74, 6) is 1.92. The van der Waals surface area contributed by atoms with Gasteiger partial charge in [-0.25, -0.2) is 19.9 Å². The van der Waals surface area contributed by atoms with Crippen molar-refractivity contribution in [1.29, 1.82) is 0 Å². The Bertz CT molecular complexity index is 3210. The maximum Gasteiger partial charge on any atom is 0.164 e. The molecule has 3 heterocycles. The molecule has 0 bridgehead atoms. The summed E-state index contributed by atoms with van der Waals surface area (Å²) in [6.45, 7) is 0. The Balaban J connectivity index is 1.10. The van der Waals surface area contributed by atoms with E-state index in [0.29, 0.717) is 17.5 Å². The minimum Gasteiger partial charge on any atom is -0.309 e. The van der Waals surface area contributed by atoms with Crippen molar-refractivity contribution in [2.24, 2.45) is 0 Å². The average molecular weight is 728 g/mol. The van der Waals surface area contributed by atoms with E-state index >= 15 is 0 Å². The molecule has 0 aliphatic carbocycles. The van der Waals surface area contributed by atoms with Crippen molar-refractivity contribution < 1.29 is 0 Å². The van der Waals surface area contributed by atoms with Gasteiger partial charge in [0.05, 0.1) is 22.2 Å². The van der Waals surface area contributed by atoms with Gasteiger partial charge in [0.1, 0.15) is 0 Å². The zero-order valence-corrected chi connectivity index (χ0v) is 30.8. The van der Waals surface area contributed by atoms with Gasteiger partial charge in [0.15, 0.2) is 17.5 Å². The molecule has 57 heavy (non-hydrogen) atoms. The van der Waals surface area contributed by atoms with Crippen molar-refractivity contribution in [3.05, 3.63) is 200 Å². The SMILES string of the molecule is c1ccc(-c2nc(-c3ccccc3)nc(-c3cccc(-c4ccc5c6cc7nc(-c8ccccc8)c8ccccc8c7cc6n(-c6ccccc6)c5c4)c3)n2)cc1. The van der Waals surface area contributed by atoms with Crippen molar-refractivity contribution in [2.75, 3.05) is 0 Å². The molecule has 0 atom stereocenters. The van der Waals surface area contributed by atoms with Gasteiger partial charge in [-0.1, -0.05) is 164 Å². The summed E-state index contributed by atoms with van der Waals surface area (Å²) in [6.07, 6.45) is 0. The molecular formula is C52H33N5. The van der Waals surface area contributed by atoms with Crippen LogP contribution < -0.4 is 0 Å². The average Bonchev–Trinajstić information content (AvgIpc) is 3.61. The fourth-order valence-corrected chi connectivity index (χ4v) is 8.09. The van der Waals surface area contributed by atoms with Crippen LogP contribution in [0.4, 0.5) is 0 Å². The monoisotopic (exact) mass is 727 g/mol. The van der Waals surface area contributed by atoms with Crippen molar-refractivity contribution in [2.45, 2.75) is 0 Å². The van der Waals surface area contributed by atoms with Gasteiger partial charge in [-0.05, 0) is 52.9 Å². The van der Waals surface area contributed by atoms with E-state index in [1.54, 1.807) is 0 Å². The van der Waals surface area contributed by atoms with E-state index in [0.717, 1.165) is 77.5 Å². The van der Waals surface area contributed by atoms with E-state index in [1.165, 1.54) is 10.8 Å². The molecule has 0 saturated carbocycles. The highest BCUT2D eigenvalue weighted by atomic mass is 15.0. The summed E-state index contributed by atoms with van der Waals surface area (Å²) in [5, 5.41) is 5.80. The largest absolute Gasteiger partial charge is 0.309 e. The Morgan fingerprint density at radius 3 is 1.46 bits per heavy atom. The number of para-hydroxylation sites is 1. The molecule has 0 spiro atoms. The Labute approximate surface area is 329 Å². The van der Waals surface area contributed by atoms with Crippen LogP contribution in [-0.4, -0.2) is 24.5 Å². The lowest BCUT2D eigenvalue weighted by Gasteiger charge is -2.12. The van der Waals surface area contributed by atoms with Crippen LogP contribution in [0, 0.1) is 0 Å². The van der Waals surface area contributed by atoms with Crippen LogP contribution in [0.1, 0.15) is 0 Å². The molecule has 5 nitrogen and oxygen atoms in total. The lowest BCUT2D eigenvalue weighted by Crippen LogP contribution is -2.00. The predicted octanol–water partition coefficient (Wildman–Crippen LogP) is 13.0. The summed E-state index contributed by atoms with van der Waals surface area (Å²) >= 11 is 0. The van der Waals surface area contributed by atoms with Gasteiger partial charge in [-0.15, -0.1) is 0 Å². The van der Waals surface area contributed by atoms with Crippen LogP contribution in [-0.2, 0) is 0 Å². The number of pyridine rings is 1. The van der Waals surface area contributed by atoms with Gasteiger partial charge >= 0.3 is 0 Å². The molecule has 3 aromatic heterocycles. The minimum atomic E-state index is 0.630. The second-order valence-corrected chi connectivity index (χ2v) is 14.3. The lowest BCUT2D eigenvalue weighted by atomic mass is 9.98. The molecule has 11 rings (SSSR count). The summed E-state index contributed by atoms with van der Waals surface area (Å²) < 4.78 is 2.39. The molecule has 266 valence electrons. The summed E-state index contributed by atoms with van der Waals surface area (Å²) in [7, 11) is 0. The molecule has 0 aliphatic rings. The molecule has 0 N–H and O–H groups in total. The van der Waals surface area contributed by atoms with Crippen LogP contribution in [0.2, 0.25) is 0 Å². The molecule has 5 heteroatoms. The number of hydrogen-bond donors (Lipinski definition) is 0. The number of hydrogen-bond acceptors (Lipinski definition) is 4. The van der Waals surface area contributed by atoms with E-state index in [-0.39, 0.29) is 0 Å². The van der Waals surface area contributed by atoms with Crippen LogP contribution in [0.15, 0.2) is 200 Å². The van der Waals surface area contributed by atoms with E-state index in [1.807, 2.05) is 60.7 Å². The highest BCUT2D eigenvalue weighted by molar-refractivity contribution is 6.19. The zero-order chi connectivity index (χ0) is 37.7. The standard InChI is InChI=1S/C52H33N5/c1-5-16-34(17-6-1)49-43-27-14-13-26-41(43)44-33-48-45(32-46(44)53-49)42-29-28-38(31-47(42)57(48)40-24-11-4-12-25-40)37-22-15-23-39(30-37)52-55-50(35-18-7-2-8-19-35)54-51(56-52)36-20-9-3-10-21-36/h1-33H. The number of aromatic nitrogens is 5. The third-order valence-corrected chi connectivity index (χ3v) is 10.8. The van der Waals surface area contributed by atoms with Crippen LogP contribution in [0.5, 0.6) is 0 Å². The van der Waals surface area contributed by atoms with Gasteiger partial charge in [-0.3, -0.25) is 0 Å². The second kappa shape index (κ2) is 13.5. The first kappa shape index (κ1) is 32.7. The smallest absolute Gasteiger partial charge is 0.164 e. The van der Waals surface area contributed by atoms with Crippen LogP contribution >= 0.6 is 0 Å². The van der Waals surface area contributed by atoms with Gasteiger partial charge in [0, 0.05) is 49.5 Å². The highest BCUT2D eigenvalue weighted by Gasteiger charge is 2.18.